The molecule has 0 spiro atoms. The van der Waals surface area contributed by atoms with E-state index in [2.05, 4.69) is 13.0 Å². The van der Waals surface area contributed by atoms with Crippen molar-refractivity contribution in [3.63, 3.8) is 0 Å². The minimum Gasteiger partial charge on any atom is -0.337 e. The van der Waals surface area contributed by atoms with Crippen LogP contribution in [0.3, 0.4) is 0 Å². The molecule has 2 aromatic carbocycles. The number of hydrogen-bond donors (Lipinski definition) is 1. The Balaban J connectivity index is 2.35. The van der Waals surface area contributed by atoms with Gasteiger partial charge in [0.15, 0.2) is 5.82 Å². The summed E-state index contributed by atoms with van der Waals surface area (Å²) >= 11 is 0. The maximum absolute atomic E-state index is 15.0. The van der Waals surface area contributed by atoms with Crippen LogP contribution in [0.5, 0.6) is 0 Å². The first-order valence-electron chi connectivity index (χ1n) is 8.00. The molecule has 2 aromatic rings. The Morgan fingerprint density at radius 2 is 1.83 bits per heavy atom. The zero-order valence-electron chi connectivity index (χ0n) is 13.8. The monoisotopic (exact) mass is 316 g/mol. The zero-order valence-corrected chi connectivity index (χ0v) is 13.8. The SMILES string of the molecule is Cc1c(F)c(C)c2c(c1F)N(CCN)c1ccccc1C(C)C2. The van der Waals surface area contributed by atoms with Gasteiger partial charge in [0.2, 0.25) is 0 Å². The van der Waals surface area contributed by atoms with E-state index in [1.165, 1.54) is 6.92 Å². The fourth-order valence-electron chi connectivity index (χ4n) is 3.58. The molecular weight excluding hydrogens is 294 g/mol. The van der Waals surface area contributed by atoms with Gasteiger partial charge in [-0.1, -0.05) is 25.1 Å². The third kappa shape index (κ3) is 2.41. The van der Waals surface area contributed by atoms with Crippen molar-refractivity contribution in [2.45, 2.75) is 33.1 Å². The van der Waals surface area contributed by atoms with Crippen LogP contribution in [-0.2, 0) is 6.42 Å². The van der Waals surface area contributed by atoms with E-state index in [9.17, 15) is 8.78 Å². The highest BCUT2D eigenvalue weighted by atomic mass is 19.1. The van der Waals surface area contributed by atoms with E-state index in [0.717, 1.165) is 16.8 Å². The number of fused-ring (bicyclic) bond motifs is 2. The van der Waals surface area contributed by atoms with Crippen molar-refractivity contribution in [3.8, 4) is 0 Å². The lowest BCUT2D eigenvalue weighted by molar-refractivity contribution is 0.556. The molecule has 2 N–H and O–H groups in total. The Kier molecular flexibility index (Phi) is 4.11. The molecule has 1 atom stereocenters. The molecular formula is C19H22F2N2. The van der Waals surface area contributed by atoms with E-state index in [1.807, 2.05) is 23.1 Å². The Labute approximate surface area is 135 Å². The van der Waals surface area contributed by atoms with Gasteiger partial charge >= 0.3 is 0 Å². The Morgan fingerprint density at radius 3 is 2.52 bits per heavy atom. The molecule has 4 heteroatoms. The van der Waals surface area contributed by atoms with Crippen LogP contribution >= 0.6 is 0 Å². The summed E-state index contributed by atoms with van der Waals surface area (Å²) in [6.45, 7) is 6.24. The molecule has 1 aliphatic heterocycles. The molecule has 0 bridgehead atoms. The fourth-order valence-corrected chi connectivity index (χ4v) is 3.58. The van der Waals surface area contributed by atoms with E-state index < -0.39 is 11.6 Å². The van der Waals surface area contributed by atoms with E-state index in [4.69, 9.17) is 5.73 Å². The Hall–Kier alpha value is -1.94. The van der Waals surface area contributed by atoms with Gasteiger partial charge in [-0.2, -0.15) is 0 Å². The molecule has 23 heavy (non-hydrogen) atoms. The summed E-state index contributed by atoms with van der Waals surface area (Å²) in [4.78, 5) is 1.92. The summed E-state index contributed by atoms with van der Waals surface area (Å²) in [5.41, 5.74) is 9.75. The Bertz CT molecular complexity index is 756. The van der Waals surface area contributed by atoms with Gasteiger partial charge in [0, 0.05) is 24.3 Å². The van der Waals surface area contributed by atoms with Gasteiger partial charge in [0.1, 0.15) is 5.82 Å². The van der Waals surface area contributed by atoms with Crippen LogP contribution in [0.1, 0.15) is 35.1 Å². The minimum atomic E-state index is -0.472. The summed E-state index contributed by atoms with van der Waals surface area (Å²) < 4.78 is 29.4. The van der Waals surface area contributed by atoms with Gasteiger partial charge in [-0.3, -0.25) is 0 Å². The highest BCUT2D eigenvalue weighted by molar-refractivity contribution is 5.74. The second kappa shape index (κ2) is 5.93. The van der Waals surface area contributed by atoms with Crippen LogP contribution in [0, 0.1) is 25.5 Å². The molecule has 0 aliphatic carbocycles. The average Bonchev–Trinajstić information content (AvgIpc) is 2.68. The van der Waals surface area contributed by atoms with E-state index in [1.54, 1.807) is 6.92 Å². The van der Waals surface area contributed by atoms with Crippen LogP contribution in [0.4, 0.5) is 20.2 Å². The van der Waals surface area contributed by atoms with Crippen molar-refractivity contribution in [1.82, 2.24) is 0 Å². The molecule has 0 saturated heterocycles. The first-order valence-corrected chi connectivity index (χ1v) is 8.00. The summed E-state index contributed by atoms with van der Waals surface area (Å²) in [6.07, 6.45) is 0.618. The number of para-hydroxylation sites is 1. The van der Waals surface area contributed by atoms with Crippen molar-refractivity contribution < 1.29 is 8.78 Å². The standard InChI is InChI=1S/C19H22F2N2/c1-11-10-15-12(2)17(20)13(3)18(21)19(15)23(9-8-22)16-7-5-4-6-14(11)16/h4-7,11H,8-10,22H2,1-3H3. The van der Waals surface area contributed by atoms with Gasteiger partial charge in [-0.05, 0) is 48.9 Å². The third-order valence-corrected chi connectivity index (χ3v) is 4.83. The van der Waals surface area contributed by atoms with Crippen LogP contribution in [0.15, 0.2) is 24.3 Å². The van der Waals surface area contributed by atoms with E-state index >= 15 is 0 Å². The zero-order chi connectivity index (χ0) is 16.7. The van der Waals surface area contributed by atoms with Gasteiger partial charge in [0.25, 0.3) is 0 Å². The molecule has 0 amide bonds. The quantitative estimate of drug-likeness (QED) is 0.893. The fraction of sp³-hybridized carbons (Fsp3) is 0.368. The lowest BCUT2D eigenvalue weighted by atomic mass is 9.91. The smallest absolute Gasteiger partial charge is 0.152 e. The molecule has 1 unspecified atom stereocenters. The third-order valence-electron chi connectivity index (χ3n) is 4.83. The average molecular weight is 316 g/mol. The van der Waals surface area contributed by atoms with Gasteiger partial charge in [-0.15, -0.1) is 0 Å². The van der Waals surface area contributed by atoms with Gasteiger partial charge < -0.3 is 10.6 Å². The van der Waals surface area contributed by atoms with Crippen LogP contribution in [0.2, 0.25) is 0 Å². The number of rotatable bonds is 2. The molecule has 0 fully saturated rings. The van der Waals surface area contributed by atoms with Crippen molar-refractivity contribution >= 4 is 11.4 Å². The van der Waals surface area contributed by atoms with Crippen LogP contribution in [0.25, 0.3) is 0 Å². The number of hydrogen-bond acceptors (Lipinski definition) is 2. The largest absolute Gasteiger partial charge is 0.337 e. The van der Waals surface area contributed by atoms with Crippen molar-refractivity contribution in [2.75, 3.05) is 18.0 Å². The van der Waals surface area contributed by atoms with Crippen LogP contribution in [-0.4, -0.2) is 13.1 Å². The van der Waals surface area contributed by atoms with E-state index in [0.29, 0.717) is 30.8 Å². The molecule has 122 valence electrons. The van der Waals surface area contributed by atoms with Crippen molar-refractivity contribution in [1.29, 1.82) is 0 Å². The number of nitrogens with zero attached hydrogens (tertiary/aromatic N) is 1. The second-order valence-electron chi connectivity index (χ2n) is 6.31. The normalized spacial score (nSPS) is 16.8. The maximum Gasteiger partial charge on any atom is 0.152 e. The lowest BCUT2D eigenvalue weighted by Gasteiger charge is -2.28. The molecule has 1 aliphatic rings. The van der Waals surface area contributed by atoms with Gasteiger partial charge in [-0.25, -0.2) is 8.78 Å². The molecule has 0 aromatic heterocycles. The van der Waals surface area contributed by atoms with Gasteiger partial charge in [0.05, 0.1) is 5.69 Å². The molecule has 0 radical (unpaired) electrons. The first-order chi connectivity index (χ1) is 11.0. The minimum absolute atomic E-state index is 0.0790. The lowest BCUT2D eigenvalue weighted by Crippen LogP contribution is -2.27. The number of anilines is 2. The topological polar surface area (TPSA) is 29.3 Å². The summed E-state index contributed by atoms with van der Waals surface area (Å²) in [5, 5.41) is 0. The van der Waals surface area contributed by atoms with E-state index in [-0.39, 0.29) is 11.5 Å². The summed E-state index contributed by atoms with van der Waals surface area (Å²) in [6, 6.07) is 7.98. The number of nitrogens with two attached hydrogens (primary N) is 1. The Morgan fingerprint density at radius 1 is 1.13 bits per heavy atom. The van der Waals surface area contributed by atoms with Crippen molar-refractivity contribution in [2.24, 2.45) is 5.73 Å². The maximum atomic E-state index is 15.0. The highest BCUT2D eigenvalue weighted by Gasteiger charge is 2.30. The number of benzene rings is 2. The molecule has 3 rings (SSSR count). The summed E-state index contributed by atoms with van der Waals surface area (Å²) in [7, 11) is 0. The van der Waals surface area contributed by atoms with Crippen LogP contribution < -0.4 is 10.6 Å². The molecule has 1 heterocycles. The second-order valence-corrected chi connectivity index (χ2v) is 6.31. The molecule has 0 saturated carbocycles. The predicted molar refractivity (Wildman–Crippen MR) is 90.5 cm³/mol. The predicted octanol–water partition coefficient (Wildman–Crippen LogP) is 4.34. The highest BCUT2D eigenvalue weighted by Crippen LogP contribution is 2.44. The first kappa shape index (κ1) is 15.9. The van der Waals surface area contributed by atoms with Crippen molar-refractivity contribution in [3.05, 3.63) is 58.2 Å². The summed E-state index contributed by atoms with van der Waals surface area (Å²) in [5.74, 6) is -0.722. The number of halogens is 2. The molecule has 2 nitrogen and oxygen atoms in total.